The molecule has 2 heterocycles. The Hall–Kier alpha value is -3.08. The highest BCUT2D eigenvalue weighted by Crippen LogP contribution is 2.25. The normalized spacial score (nSPS) is 19.0. The van der Waals surface area contributed by atoms with Crippen LogP contribution in [0.25, 0.3) is 11.5 Å². The summed E-state index contributed by atoms with van der Waals surface area (Å²) in [6.45, 7) is 8.31. The lowest BCUT2D eigenvalue weighted by molar-refractivity contribution is 0.0623. The van der Waals surface area contributed by atoms with Gasteiger partial charge in [-0.15, -0.1) is 0 Å². The first-order valence-corrected chi connectivity index (χ1v) is 10.5. The largest absolute Gasteiger partial charge is 0.487 e. The summed E-state index contributed by atoms with van der Waals surface area (Å²) >= 11 is 0. The van der Waals surface area contributed by atoms with Crippen molar-refractivity contribution in [1.29, 1.82) is 0 Å². The molecule has 156 valence electrons. The maximum Gasteiger partial charge on any atom is 0.253 e. The van der Waals surface area contributed by atoms with Gasteiger partial charge in [-0.1, -0.05) is 32.0 Å². The minimum atomic E-state index is 0.0977. The molecule has 2 atom stereocenters. The minimum Gasteiger partial charge on any atom is -0.487 e. The van der Waals surface area contributed by atoms with E-state index in [0.29, 0.717) is 29.9 Å². The molecule has 3 aromatic rings. The molecule has 1 aromatic heterocycles. The van der Waals surface area contributed by atoms with Gasteiger partial charge in [-0.05, 0) is 61.6 Å². The highest BCUT2D eigenvalue weighted by molar-refractivity contribution is 5.94. The van der Waals surface area contributed by atoms with E-state index in [1.807, 2.05) is 66.4 Å². The van der Waals surface area contributed by atoms with E-state index in [2.05, 4.69) is 18.8 Å². The molecule has 0 N–H and O–H groups in total. The van der Waals surface area contributed by atoms with Crippen molar-refractivity contribution in [3.05, 3.63) is 71.6 Å². The van der Waals surface area contributed by atoms with Crippen molar-refractivity contribution in [2.45, 2.75) is 33.8 Å². The first-order chi connectivity index (χ1) is 14.5. The van der Waals surface area contributed by atoms with Crippen molar-refractivity contribution in [2.24, 2.45) is 11.8 Å². The molecular weight excluding hydrogens is 376 g/mol. The number of amides is 1. The van der Waals surface area contributed by atoms with Gasteiger partial charge in [0.05, 0.1) is 0 Å². The van der Waals surface area contributed by atoms with Gasteiger partial charge in [0.15, 0.2) is 0 Å². The highest BCUT2D eigenvalue weighted by Gasteiger charge is 2.26. The summed E-state index contributed by atoms with van der Waals surface area (Å²) in [6.07, 6.45) is 1.18. The second kappa shape index (κ2) is 8.74. The van der Waals surface area contributed by atoms with E-state index in [9.17, 15) is 4.79 Å². The molecule has 1 saturated heterocycles. The molecule has 0 unspecified atom stereocenters. The summed E-state index contributed by atoms with van der Waals surface area (Å²) in [7, 11) is 0. The zero-order chi connectivity index (χ0) is 21.1. The SMILES string of the molecule is Cc1oc(-c2ccc(C(=O)N3C[C@H](C)C[C@@H](C)C3)cc2)nc1COc1ccccc1. The number of hydrogen-bond acceptors (Lipinski definition) is 4. The van der Waals surface area contributed by atoms with Gasteiger partial charge in [-0.3, -0.25) is 4.79 Å². The van der Waals surface area contributed by atoms with Crippen molar-refractivity contribution in [2.75, 3.05) is 13.1 Å². The van der Waals surface area contributed by atoms with Gasteiger partial charge in [-0.2, -0.15) is 0 Å². The van der Waals surface area contributed by atoms with Gasteiger partial charge in [0, 0.05) is 24.2 Å². The number of hydrogen-bond donors (Lipinski definition) is 0. The average Bonchev–Trinajstić information content (AvgIpc) is 3.12. The van der Waals surface area contributed by atoms with Crippen LogP contribution in [-0.4, -0.2) is 28.9 Å². The van der Waals surface area contributed by atoms with Gasteiger partial charge in [0.1, 0.15) is 23.8 Å². The van der Waals surface area contributed by atoms with Gasteiger partial charge in [-0.25, -0.2) is 4.98 Å². The number of carbonyl (C=O) groups excluding carboxylic acids is 1. The number of aryl methyl sites for hydroxylation is 1. The molecule has 1 aliphatic heterocycles. The molecule has 0 radical (unpaired) electrons. The van der Waals surface area contributed by atoms with Crippen LogP contribution in [0.4, 0.5) is 0 Å². The number of para-hydroxylation sites is 1. The fourth-order valence-electron chi connectivity index (χ4n) is 4.12. The Kier molecular flexibility index (Phi) is 5.88. The number of benzene rings is 2. The second-order valence-corrected chi connectivity index (χ2v) is 8.36. The lowest BCUT2D eigenvalue weighted by atomic mass is 9.91. The molecule has 1 fully saturated rings. The van der Waals surface area contributed by atoms with E-state index in [-0.39, 0.29) is 5.91 Å². The van der Waals surface area contributed by atoms with Crippen molar-refractivity contribution in [3.63, 3.8) is 0 Å². The number of ether oxygens (including phenoxy) is 1. The summed E-state index contributed by atoms with van der Waals surface area (Å²) in [5, 5.41) is 0. The number of carbonyl (C=O) groups is 1. The highest BCUT2D eigenvalue weighted by atomic mass is 16.5. The molecule has 4 rings (SSSR count). The quantitative estimate of drug-likeness (QED) is 0.575. The summed E-state index contributed by atoms with van der Waals surface area (Å²) in [6, 6.07) is 17.2. The smallest absolute Gasteiger partial charge is 0.253 e. The third-order valence-electron chi connectivity index (χ3n) is 5.55. The van der Waals surface area contributed by atoms with Crippen LogP contribution in [0, 0.1) is 18.8 Å². The zero-order valence-electron chi connectivity index (χ0n) is 17.8. The van der Waals surface area contributed by atoms with E-state index >= 15 is 0 Å². The predicted molar refractivity (Wildman–Crippen MR) is 116 cm³/mol. The van der Waals surface area contributed by atoms with E-state index in [0.717, 1.165) is 35.9 Å². The van der Waals surface area contributed by atoms with Crippen molar-refractivity contribution in [3.8, 4) is 17.2 Å². The second-order valence-electron chi connectivity index (χ2n) is 8.36. The molecule has 0 aliphatic carbocycles. The molecule has 5 nitrogen and oxygen atoms in total. The van der Waals surface area contributed by atoms with Crippen molar-refractivity contribution >= 4 is 5.91 Å². The average molecular weight is 405 g/mol. The van der Waals surface area contributed by atoms with Crippen LogP contribution in [0.1, 0.15) is 42.1 Å². The van der Waals surface area contributed by atoms with Crippen molar-refractivity contribution < 1.29 is 13.9 Å². The fourth-order valence-corrected chi connectivity index (χ4v) is 4.12. The number of oxazole rings is 1. The fraction of sp³-hybridized carbons (Fsp3) is 0.360. The summed E-state index contributed by atoms with van der Waals surface area (Å²) < 4.78 is 11.6. The molecule has 30 heavy (non-hydrogen) atoms. The molecule has 0 bridgehead atoms. The van der Waals surface area contributed by atoms with Gasteiger partial charge >= 0.3 is 0 Å². The number of rotatable bonds is 5. The topological polar surface area (TPSA) is 55.6 Å². The van der Waals surface area contributed by atoms with Crippen LogP contribution in [0.3, 0.4) is 0 Å². The van der Waals surface area contributed by atoms with Gasteiger partial charge in [0.2, 0.25) is 5.89 Å². The Balaban J connectivity index is 1.44. The van der Waals surface area contributed by atoms with Crippen LogP contribution in [0.15, 0.2) is 59.0 Å². The first-order valence-electron chi connectivity index (χ1n) is 10.5. The Morgan fingerprint density at radius 2 is 1.73 bits per heavy atom. The van der Waals surface area contributed by atoms with Gasteiger partial charge in [0.25, 0.3) is 5.91 Å². The number of likely N-dealkylation sites (tertiary alicyclic amines) is 1. The lowest BCUT2D eigenvalue weighted by Crippen LogP contribution is -2.42. The number of aromatic nitrogens is 1. The molecule has 2 aromatic carbocycles. The van der Waals surface area contributed by atoms with Crippen LogP contribution < -0.4 is 4.74 Å². The van der Waals surface area contributed by atoms with Gasteiger partial charge < -0.3 is 14.1 Å². The minimum absolute atomic E-state index is 0.0977. The third kappa shape index (κ3) is 4.56. The Morgan fingerprint density at radius 3 is 2.40 bits per heavy atom. The van der Waals surface area contributed by atoms with E-state index in [1.165, 1.54) is 6.42 Å². The van der Waals surface area contributed by atoms with Crippen LogP contribution in [-0.2, 0) is 6.61 Å². The molecule has 0 saturated carbocycles. The van der Waals surface area contributed by atoms with E-state index in [1.54, 1.807) is 0 Å². The number of piperidine rings is 1. The van der Waals surface area contributed by atoms with Crippen LogP contribution in [0.2, 0.25) is 0 Å². The van der Waals surface area contributed by atoms with Crippen molar-refractivity contribution in [1.82, 2.24) is 9.88 Å². The van der Waals surface area contributed by atoms with E-state index < -0.39 is 0 Å². The Bertz CT molecular complexity index is 985. The Morgan fingerprint density at radius 1 is 1.07 bits per heavy atom. The van der Waals surface area contributed by atoms with Crippen LogP contribution in [0.5, 0.6) is 5.75 Å². The predicted octanol–water partition coefficient (Wildman–Crippen LogP) is 5.35. The monoisotopic (exact) mass is 404 g/mol. The maximum absolute atomic E-state index is 12.9. The first kappa shape index (κ1) is 20.2. The zero-order valence-corrected chi connectivity index (χ0v) is 17.8. The lowest BCUT2D eigenvalue weighted by Gasteiger charge is -2.35. The summed E-state index contributed by atoms with van der Waals surface area (Å²) in [4.78, 5) is 19.5. The summed E-state index contributed by atoms with van der Waals surface area (Å²) in [5.74, 6) is 3.26. The molecule has 0 spiro atoms. The van der Waals surface area contributed by atoms with Crippen LogP contribution >= 0.6 is 0 Å². The molecular formula is C25H28N2O3. The van der Waals surface area contributed by atoms with E-state index in [4.69, 9.17) is 9.15 Å². The standard InChI is InChI=1S/C25H28N2O3/c1-17-13-18(2)15-27(14-17)25(28)21-11-9-20(10-12-21)24-26-23(19(3)30-24)16-29-22-7-5-4-6-8-22/h4-12,17-18H,13-16H2,1-3H3/t17-,18-/m1/s1. The molecule has 1 amide bonds. The Labute approximate surface area is 177 Å². The third-order valence-corrected chi connectivity index (χ3v) is 5.55. The number of nitrogens with zero attached hydrogens (tertiary/aromatic N) is 2. The molecule has 5 heteroatoms. The maximum atomic E-state index is 12.9. The summed E-state index contributed by atoms with van der Waals surface area (Å²) in [5.41, 5.74) is 2.32. The molecule has 1 aliphatic rings.